The van der Waals surface area contributed by atoms with Crippen LogP contribution in [0.1, 0.15) is 62.1 Å². The van der Waals surface area contributed by atoms with Crippen LogP contribution in [0.4, 0.5) is 0 Å². The van der Waals surface area contributed by atoms with Gasteiger partial charge in [-0.2, -0.15) is 0 Å². The molecule has 7 heteroatoms. The largest absolute Gasteiger partial charge is 0.331 e. The summed E-state index contributed by atoms with van der Waals surface area (Å²) in [4.78, 5) is 27.0. The van der Waals surface area contributed by atoms with Gasteiger partial charge < -0.3 is 4.90 Å². The minimum Gasteiger partial charge on any atom is -0.331 e. The molecule has 150 valence electrons. The van der Waals surface area contributed by atoms with Crippen LogP contribution in [0.5, 0.6) is 0 Å². The van der Waals surface area contributed by atoms with Gasteiger partial charge in [0.15, 0.2) is 0 Å². The van der Waals surface area contributed by atoms with Crippen LogP contribution < -0.4 is 10.9 Å². The molecule has 1 aromatic carbocycles. The highest BCUT2D eigenvalue weighted by Gasteiger charge is 2.50. The van der Waals surface area contributed by atoms with Gasteiger partial charge in [-0.3, -0.25) is 20.3 Å². The maximum absolute atomic E-state index is 13.7. The standard InChI is InChI=1S/C21H28N4O3/c26-21(20-17-12-15(25(27)28)10-11-18(17)22-23-20)24(14-8-9-14)19-7-3-5-13-4-1-2-6-16(13)19/h1-2,4,6,14-15,17-20,22-23H,3,5,7-12H2. The summed E-state index contributed by atoms with van der Waals surface area (Å²) in [6.45, 7) is 0. The lowest BCUT2D eigenvalue weighted by Crippen LogP contribution is -2.51. The molecule has 28 heavy (non-hydrogen) atoms. The molecule has 1 aromatic rings. The number of carbonyl (C=O) groups excluding carboxylic acids is 1. The van der Waals surface area contributed by atoms with Crippen LogP contribution >= 0.6 is 0 Å². The Morgan fingerprint density at radius 3 is 2.71 bits per heavy atom. The minimum atomic E-state index is -0.525. The molecule has 0 bridgehead atoms. The number of carbonyl (C=O) groups is 1. The van der Waals surface area contributed by atoms with Crippen molar-refractivity contribution >= 4 is 5.91 Å². The van der Waals surface area contributed by atoms with Crippen molar-refractivity contribution < 1.29 is 9.72 Å². The van der Waals surface area contributed by atoms with Gasteiger partial charge in [0, 0.05) is 35.8 Å². The van der Waals surface area contributed by atoms with Crippen molar-refractivity contribution in [3.05, 3.63) is 45.5 Å². The second-order valence-electron chi connectivity index (χ2n) is 8.87. The van der Waals surface area contributed by atoms with Gasteiger partial charge in [0.1, 0.15) is 6.04 Å². The van der Waals surface area contributed by atoms with E-state index in [1.807, 2.05) is 0 Å². The van der Waals surface area contributed by atoms with Gasteiger partial charge in [-0.1, -0.05) is 24.3 Å². The van der Waals surface area contributed by atoms with E-state index in [1.54, 1.807) is 0 Å². The van der Waals surface area contributed by atoms with Crippen molar-refractivity contribution in [2.45, 2.75) is 81.6 Å². The fourth-order valence-corrected chi connectivity index (χ4v) is 5.59. The third-order valence-corrected chi connectivity index (χ3v) is 7.16. The van der Waals surface area contributed by atoms with Gasteiger partial charge in [-0.15, -0.1) is 0 Å². The highest BCUT2D eigenvalue weighted by atomic mass is 16.6. The number of aryl methyl sites for hydroxylation is 1. The molecule has 3 fully saturated rings. The maximum atomic E-state index is 13.7. The predicted molar refractivity (Wildman–Crippen MR) is 104 cm³/mol. The molecule has 5 unspecified atom stereocenters. The van der Waals surface area contributed by atoms with Crippen LogP contribution in [0, 0.1) is 16.0 Å². The lowest BCUT2D eigenvalue weighted by Gasteiger charge is -2.39. The van der Waals surface area contributed by atoms with E-state index in [0.717, 1.165) is 38.5 Å². The highest BCUT2D eigenvalue weighted by Crippen LogP contribution is 2.42. The van der Waals surface area contributed by atoms with Crippen LogP contribution in [0.2, 0.25) is 0 Å². The number of amides is 1. The number of nitro groups is 1. The molecule has 7 nitrogen and oxygen atoms in total. The number of hydrogen-bond acceptors (Lipinski definition) is 5. The number of benzene rings is 1. The predicted octanol–water partition coefficient (Wildman–Crippen LogP) is 2.35. The first-order valence-electron chi connectivity index (χ1n) is 10.7. The van der Waals surface area contributed by atoms with Crippen LogP contribution in [0.25, 0.3) is 0 Å². The second-order valence-corrected chi connectivity index (χ2v) is 8.87. The molecular weight excluding hydrogens is 356 g/mol. The van der Waals surface area contributed by atoms with Crippen molar-refractivity contribution in [3.8, 4) is 0 Å². The molecule has 2 N–H and O–H groups in total. The first-order valence-corrected chi connectivity index (χ1v) is 10.7. The Morgan fingerprint density at radius 1 is 1.11 bits per heavy atom. The summed E-state index contributed by atoms with van der Waals surface area (Å²) in [5.74, 6) is 0.130. The fourth-order valence-electron chi connectivity index (χ4n) is 5.59. The van der Waals surface area contributed by atoms with Crippen molar-refractivity contribution in [1.29, 1.82) is 0 Å². The van der Waals surface area contributed by atoms with Gasteiger partial charge in [-0.25, -0.2) is 5.43 Å². The van der Waals surface area contributed by atoms with E-state index >= 15 is 0 Å². The van der Waals surface area contributed by atoms with E-state index in [-0.39, 0.29) is 34.9 Å². The summed E-state index contributed by atoms with van der Waals surface area (Å²) < 4.78 is 0. The number of nitrogens with zero attached hydrogens (tertiary/aromatic N) is 2. The van der Waals surface area contributed by atoms with Gasteiger partial charge in [0.2, 0.25) is 11.9 Å². The van der Waals surface area contributed by atoms with E-state index < -0.39 is 6.04 Å². The summed E-state index contributed by atoms with van der Waals surface area (Å²) in [6, 6.07) is 8.24. The first-order chi connectivity index (χ1) is 13.6. The zero-order chi connectivity index (χ0) is 19.3. The Kier molecular flexibility index (Phi) is 4.59. The first kappa shape index (κ1) is 18.1. The SMILES string of the molecule is O=C(C1NNC2CCC([N+](=O)[O-])CC21)N(C1CC1)C1CCCc2ccccc21. The van der Waals surface area contributed by atoms with E-state index in [1.165, 1.54) is 11.1 Å². The van der Waals surface area contributed by atoms with Crippen LogP contribution in [0.3, 0.4) is 0 Å². The zero-order valence-electron chi connectivity index (χ0n) is 16.0. The number of nitrogens with one attached hydrogen (secondary N) is 2. The number of hydrazine groups is 1. The van der Waals surface area contributed by atoms with E-state index in [9.17, 15) is 14.9 Å². The molecule has 0 radical (unpaired) electrons. The Morgan fingerprint density at radius 2 is 1.93 bits per heavy atom. The molecule has 4 aliphatic rings. The zero-order valence-corrected chi connectivity index (χ0v) is 16.0. The molecule has 5 rings (SSSR count). The third-order valence-electron chi connectivity index (χ3n) is 7.16. The molecule has 1 aliphatic heterocycles. The van der Waals surface area contributed by atoms with Gasteiger partial charge >= 0.3 is 0 Å². The average molecular weight is 384 g/mol. The Bertz CT molecular complexity index is 781. The quantitative estimate of drug-likeness (QED) is 0.615. The van der Waals surface area contributed by atoms with E-state index in [2.05, 4.69) is 40.0 Å². The van der Waals surface area contributed by atoms with Crippen molar-refractivity contribution in [2.24, 2.45) is 5.92 Å². The monoisotopic (exact) mass is 384 g/mol. The smallest absolute Gasteiger partial charge is 0.242 e. The summed E-state index contributed by atoms with van der Waals surface area (Å²) in [5, 5.41) is 11.3. The lowest BCUT2D eigenvalue weighted by molar-refractivity contribution is -0.528. The molecule has 0 spiro atoms. The molecule has 1 saturated heterocycles. The Balaban J connectivity index is 1.41. The lowest BCUT2D eigenvalue weighted by atomic mass is 9.78. The summed E-state index contributed by atoms with van der Waals surface area (Å²) in [5.41, 5.74) is 9.14. The topological polar surface area (TPSA) is 87.5 Å². The van der Waals surface area contributed by atoms with E-state index in [4.69, 9.17) is 0 Å². The average Bonchev–Trinajstić information content (AvgIpc) is 3.45. The minimum absolute atomic E-state index is 0.00302. The Hall–Kier alpha value is -1.99. The fraction of sp³-hybridized carbons (Fsp3) is 0.667. The van der Waals surface area contributed by atoms with Crippen molar-refractivity contribution in [3.63, 3.8) is 0 Å². The normalized spacial score (nSPS) is 34.4. The van der Waals surface area contributed by atoms with Gasteiger partial charge in [-0.05, 0) is 49.7 Å². The van der Waals surface area contributed by atoms with Crippen LogP contribution in [-0.2, 0) is 11.2 Å². The second kappa shape index (κ2) is 7.12. The number of fused-ring (bicyclic) bond motifs is 2. The maximum Gasteiger partial charge on any atom is 0.242 e. The molecule has 5 atom stereocenters. The van der Waals surface area contributed by atoms with Gasteiger partial charge in [0.05, 0.1) is 6.04 Å². The molecule has 3 aliphatic carbocycles. The summed E-state index contributed by atoms with van der Waals surface area (Å²) in [7, 11) is 0. The molecule has 0 aromatic heterocycles. The highest BCUT2D eigenvalue weighted by molar-refractivity contribution is 5.84. The molecule has 1 heterocycles. The van der Waals surface area contributed by atoms with Crippen LogP contribution in [0.15, 0.2) is 24.3 Å². The van der Waals surface area contributed by atoms with Crippen LogP contribution in [-0.4, -0.2) is 39.9 Å². The van der Waals surface area contributed by atoms with Crippen molar-refractivity contribution in [2.75, 3.05) is 0 Å². The number of rotatable bonds is 4. The summed E-state index contributed by atoms with van der Waals surface area (Å²) >= 11 is 0. The summed E-state index contributed by atoms with van der Waals surface area (Å²) in [6.07, 6.45) is 7.14. The third kappa shape index (κ3) is 3.10. The van der Waals surface area contributed by atoms with Gasteiger partial charge in [0.25, 0.3) is 0 Å². The number of hydrogen-bond donors (Lipinski definition) is 2. The Labute approximate surface area is 165 Å². The molecular formula is C21H28N4O3. The molecule has 2 saturated carbocycles. The molecule has 1 amide bonds. The van der Waals surface area contributed by atoms with Crippen molar-refractivity contribution in [1.82, 2.24) is 15.8 Å². The van der Waals surface area contributed by atoms with E-state index in [0.29, 0.717) is 18.9 Å².